The summed E-state index contributed by atoms with van der Waals surface area (Å²) in [5, 5.41) is 14.9. The van der Waals surface area contributed by atoms with E-state index in [4.69, 9.17) is 9.84 Å². The van der Waals surface area contributed by atoms with Crippen molar-refractivity contribution in [3.63, 3.8) is 0 Å². The van der Waals surface area contributed by atoms with Crippen LogP contribution in [0.2, 0.25) is 0 Å². The largest absolute Gasteiger partial charge is 0.496 e. The van der Waals surface area contributed by atoms with Gasteiger partial charge in [-0.2, -0.15) is 0 Å². The van der Waals surface area contributed by atoms with E-state index in [0.717, 1.165) is 54.7 Å². The first-order valence-electron chi connectivity index (χ1n) is 9.43. The van der Waals surface area contributed by atoms with E-state index in [0.29, 0.717) is 18.5 Å². The summed E-state index contributed by atoms with van der Waals surface area (Å²) in [5.41, 5.74) is 3.35. The van der Waals surface area contributed by atoms with Gasteiger partial charge in [0.1, 0.15) is 5.75 Å². The van der Waals surface area contributed by atoms with E-state index in [9.17, 15) is 4.79 Å². The molecule has 1 aromatic carbocycles. The molecule has 1 amide bonds. The summed E-state index contributed by atoms with van der Waals surface area (Å²) in [4.78, 5) is 14.8. The summed E-state index contributed by atoms with van der Waals surface area (Å²) in [7, 11) is 1.70. The number of carboxylic acid groups (broad SMARTS) is 1. The molecule has 6 nitrogen and oxygen atoms in total. The van der Waals surface area contributed by atoms with E-state index in [-0.39, 0.29) is 0 Å². The van der Waals surface area contributed by atoms with E-state index in [1.54, 1.807) is 13.3 Å². The molecule has 144 valence electrons. The number of amides is 1. The average Bonchev–Trinajstić information content (AvgIpc) is 2.72. The summed E-state index contributed by atoms with van der Waals surface area (Å²) in [6.45, 7) is 1.31. The highest BCUT2D eigenvalue weighted by atomic mass is 16.5. The summed E-state index contributed by atoms with van der Waals surface area (Å²) < 4.78 is 5.53. The lowest BCUT2D eigenvalue weighted by Gasteiger charge is -2.29. The Labute approximate surface area is 160 Å². The predicted octanol–water partition coefficient (Wildman–Crippen LogP) is 3.67. The first kappa shape index (κ1) is 19.2. The minimum absolute atomic E-state index is 0.447. The maximum Gasteiger partial charge on any atom is 0.404 e. The monoisotopic (exact) mass is 369 g/mol. The van der Waals surface area contributed by atoms with Crippen LogP contribution in [0.15, 0.2) is 42.7 Å². The molecule has 0 spiro atoms. The van der Waals surface area contributed by atoms with Crippen molar-refractivity contribution in [2.45, 2.75) is 38.3 Å². The fourth-order valence-electron chi connectivity index (χ4n) is 3.69. The van der Waals surface area contributed by atoms with Gasteiger partial charge in [0, 0.05) is 42.7 Å². The molecule has 1 fully saturated rings. The molecule has 0 saturated heterocycles. The third-order valence-electron chi connectivity index (χ3n) is 5.25. The zero-order valence-corrected chi connectivity index (χ0v) is 15.6. The minimum Gasteiger partial charge on any atom is -0.496 e. The van der Waals surface area contributed by atoms with Gasteiger partial charge in [0.25, 0.3) is 0 Å². The quantitative estimate of drug-likeness (QED) is 0.693. The Morgan fingerprint density at radius 2 is 2.04 bits per heavy atom. The van der Waals surface area contributed by atoms with Crippen LogP contribution in [0.4, 0.5) is 4.79 Å². The maximum absolute atomic E-state index is 10.6. The van der Waals surface area contributed by atoms with Crippen LogP contribution >= 0.6 is 0 Å². The van der Waals surface area contributed by atoms with Gasteiger partial charge in [-0.05, 0) is 55.4 Å². The van der Waals surface area contributed by atoms with Gasteiger partial charge in [-0.1, -0.05) is 12.1 Å². The number of carbonyl (C=O) groups is 1. The van der Waals surface area contributed by atoms with Crippen molar-refractivity contribution >= 4 is 6.09 Å². The van der Waals surface area contributed by atoms with Gasteiger partial charge in [0.2, 0.25) is 0 Å². The van der Waals surface area contributed by atoms with Crippen molar-refractivity contribution in [1.82, 2.24) is 15.6 Å². The topological polar surface area (TPSA) is 83.5 Å². The average molecular weight is 369 g/mol. The first-order chi connectivity index (χ1) is 13.2. The molecule has 1 heterocycles. The van der Waals surface area contributed by atoms with E-state index in [2.05, 4.69) is 33.8 Å². The third kappa shape index (κ3) is 5.44. The third-order valence-corrected chi connectivity index (χ3v) is 5.25. The molecule has 0 unspecified atom stereocenters. The summed E-state index contributed by atoms with van der Waals surface area (Å²) in [6, 6.07) is 10.7. The summed E-state index contributed by atoms with van der Waals surface area (Å²) in [6.07, 6.45) is 6.93. The zero-order valence-electron chi connectivity index (χ0n) is 15.6. The number of nitrogens with zero attached hydrogens (tertiary/aromatic N) is 1. The lowest BCUT2D eigenvalue weighted by Crippen LogP contribution is -2.36. The smallest absolute Gasteiger partial charge is 0.404 e. The van der Waals surface area contributed by atoms with E-state index in [1.165, 1.54) is 0 Å². The molecule has 0 radical (unpaired) electrons. The van der Waals surface area contributed by atoms with Crippen LogP contribution in [0, 0.1) is 5.92 Å². The number of pyridine rings is 1. The van der Waals surface area contributed by atoms with Crippen LogP contribution in [0.25, 0.3) is 11.1 Å². The zero-order chi connectivity index (χ0) is 19.1. The number of ether oxygens (including phenoxy) is 1. The molecule has 1 saturated carbocycles. The Kier molecular flexibility index (Phi) is 6.65. The first-order valence-corrected chi connectivity index (χ1v) is 9.43. The maximum atomic E-state index is 10.6. The fourth-order valence-corrected chi connectivity index (χ4v) is 3.69. The second-order valence-electron chi connectivity index (χ2n) is 7.05. The second kappa shape index (κ2) is 9.37. The number of methoxy groups -OCH3 is 1. The van der Waals surface area contributed by atoms with Crippen molar-refractivity contribution in [2.75, 3.05) is 13.7 Å². The molecule has 6 heteroatoms. The molecular weight excluding hydrogens is 342 g/mol. The number of hydrogen-bond acceptors (Lipinski definition) is 4. The van der Waals surface area contributed by atoms with E-state index < -0.39 is 6.09 Å². The predicted molar refractivity (Wildman–Crippen MR) is 105 cm³/mol. The summed E-state index contributed by atoms with van der Waals surface area (Å²) in [5.74, 6) is 1.33. The Bertz CT molecular complexity index is 744. The SMILES string of the molecule is COc1ccc(-c2cccnc2)cc1CNC1CCC(CNC(=O)O)CC1. The standard InChI is InChI=1S/C21H27N3O3/c1-27-20-9-6-16(17-3-2-10-22-13-17)11-18(20)14-23-19-7-4-15(5-8-19)12-24-21(25)26/h2-3,6,9-11,13,15,19,23-24H,4-5,7-8,12,14H2,1H3,(H,25,26). The number of hydrogen-bond donors (Lipinski definition) is 3. The molecule has 2 aromatic rings. The van der Waals surface area contributed by atoms with Crippen molar-refractivity contribution in [2.24, 2.45) is 5.92 Å². The van der Waals surface area contributed by atoms with Gasteiger partial charge < -0.3 is 20.5 Å². The van der Waals surface area contributed by atoms with E-state index >= 15 is 0 Å². The molecule has 1 aromatic heterocycles. The van der Waals surface area contributed by atoms with Crippen LogP contribution in [0.1, 0.15) is 31.2 Å². The second-order valence-corrected chi connectivity index (χ2v) is 7.05. The summed E-state index contributed by atoms with van der Waals surface area (Å²) >= 11 is 0. The Morgan fingerprint density at radius 1 is 1.22 bits per heavy atom. The molecule has 0 atom stereocenters. The van der Waals surface area contributed by atoms with Gasteiger partial charge in [-0.15, -0.1) is 0 Å². The highest BCUT2D eigenvalue weighted by Gasteiger charge is 2.21. The molecule has 27 heavy (non-hydrogen) atoms. The number of nitrogens with one attached hydrogen (secondary N) is 2. The Balaban J connectivity index is 1.57. The molecule has 0 bridgehead atoms. The Morgan fingerprint density at radius 3 is 2.70 bits per heavy atom. The van der Waals surface area contributed by atoms with Crippen molar-refractivity contribution in [1.29, 1.82) is 0 Å². The van der Waals surface area contributed by atoms with Crippen molar-refractivity contribution < 1.29 is 14.6 Å². The van der Waals surface area contributed by atoms with Gasteiger partial charge in [-0.3, -0.25) is 4.98 Å². The van der Waals surface area contributed by atoms with Gasteiger partial charge in [0.05, 0.1) is 7.11 Å². The van der Waals surface area contributed by atoms with Crippen LogP contribution in [-0.2, 0) is 6.54 Å². The van der Waals surface area contributed by atoms with Crippen molar-refractivity contribution in [3.8, 4) is 16.9 Å². The van der Waals surface area contributed by atoms with Gasteiger partial charge >= 0.3 is 6.09 Å². The van der Waals surface area contributed by atoms with Crippen LogP contribution in [0.3, 0.4) is 0 Å². The lowest BCUT2D eigenvalue weighted by atomic mass is 9.86. The lowest BCUT2D eigenvalue weighted by molar-refractivity contribution is 0.189. The van der Waals surface area contributed by atoms with Crippen LogP contribution < -0.4 is 15.4 Å². The van der Waals surface area contributed by atoms with Gasteiger partial charge in [-0.25, -0.2) is 4.79 Å². The van der Waals surface area contributed by atoms with Crippen LogP contribution in [-0.4, -0.2) is 35.9 Å². The minimum atomic E-state index is -0.934. The molecule has 0 aliphatic heterocycles. The molecular formula is C21H27N3O3. The molecule has 1 aliphatic carbocycles. The van der Waals surface area contributed by atoms with Gasteiger partial charge in [0.15, 0.2) is 0 Å². The number of rotatable bonds is 7. The molecule has 1 aliphatic rings. The highest BCUT2D eigenvalue weighted by molar-refractivity contribution is 5.65. The fraction of sp³-hybridized carbons (Fsp3) is 0.429. The molecule has 3 N–H and O–H groups in total. The highest BCUT2D eigenvalue weighted by Crippen LogP contribution is 2.28. The Hall–Kier alpha value is -2.60. The number of benzene rings is 1. The van der Waals surface area contributed by atoms with E-state index in [1.807, 2.05) is 18.3 Å². The number of aromatic nitrogens is 1. The molecule has 3 rings (SSSR count). The van der Waals surface area contributed by atoms with Crippen LogP contribution in [0.5, 0.6) is 5.75 Å². The van der Waals surface area contributed by atoms with Crippen molar-refractivity contribution in [3.05, 3.63) is 48.3 Å². The normalized spacial score (nSPS) is 19.4.